The van der Waals surface area contributed by atoms with Crippen LogP contribution in [-0.4, -0.2) is 22.1 Å². The Kier molecular flexibility index (Phi) is 3.48. The van der Waals surface area contributed by atoms with Crippen molar-refractivity contribution in [2.24, 2.45) is 0 Å². The first-order chi connectivity index (χ1) is 9.17. The van der Waals surface area contributed by atoms with Gasteiger partial charge in [0.05, 0.1) is 12.2 Å². The Hall–Kier alpha value is -2.81. The van der Waals surface area contributed by atoms with Gasteiger partial charge < -0.3 is 10.5 Å². The van der Waals surface area contributed by atoms with E-state index in [-0.39, 0.29) is 11.5 Å². The van der Waals surface area contributed by atoms with Crippen LogP contribution in [0.15, 0.2) is 30.6 Å². The molecule has 0 atom stereocenters. The predicted molar refractivity (Wildman–Crippen MR) is 68.6 cm³/mol. The quantitative estimate of drug-likeness (QED) is 0.840. The van der Waals surface area contributed by atoms with Gasteiger partial charge in [-0.1, -0.05) is 6.07 Å². The van der Waals surface area contributed by atoms with Crippen molar-refractivity contribution in [1.82, 2.24) is 9.55 Å². The molecule has 96 valence electrons. The molecule has 0 aliphatic heterocycles. The second-order valence-electron chi connectivity index (χ2n) is 3.73. The van der Waals surface area contributed by atoms with Gasteiger partial charge in [0, 0.05) is 5.69 Å². The van der Waals surface area contributed by atoms with E-state index in [1.54, 1.807) is 35.8 Å². The van der Waals surface area contributed by atoms with Crippen LogP contribution < -0.4 is 5.73 Å². The van der Waals surface area contributed by atoms with Crippen LogP contribution in [0.1, 0.15) is 23.0 Å². The number of imidazole rings is 1. The van der Waals surface area contributed by atoms with Gasteiger partial charge in [-0.15, -0.1) is 0 Å². The van der Waals surface area contributed by atoms with E-state index >= 15 is 0 Å². The lowest BCUT2D eigenvalue weighted by atomic mass is 10.2. The Morgan fingerprint density at radius 2 is 2.37 bits per heavy atom. The SMILES string of the molecule is CCOC(=O)c1cccc(-n2cnc(C#N)c2N)c1. The molecule has 0 unspecified atom stereocenters. The third-order valence-electron chi connectivity index (χ3n) is 2.55. The highest BCUT2D eigenvalue weighted by Crippen LogP contribution is 2.17. The molecule has 6 nitrogen and oxygen atoms in total. The number of nitriles is 1. The molecule has 0 bridgehead atoms. The van der Waals surface area contributed by atoms with E-state index < -0.39 is 5.97 Å². The van der Waals surface area contributed by atoms with Crippen molar-refractivity contribution in [3.63, 3.8) is 0 Å². The highest BCUT2D eigenvalue weighted by Gasteiger charge is 2.11. The van der Waals surface area contributed by atoms with Crippen molar-refractivity contribution in [3.05, 3.63) is 41.9 Å². The maximum absolute atomic E-state index is 11.6. The maximum atomic E-state index is 11.6. The Morgan fingerprint density at radius 1 is 1.58 bits per heavy atom. The minimum absolute atomic E-state index is 0.154. The number of anilines is 1. The van der Waals surface area contributed by atoms with E-state index in [9.17, 15) is 4.79 Å². The Bertz CT molecular complexity index is 655. The van der Waals surface area contributed by atoms with E-state index in [1.165, 1.54) is 6.33 Å². The molecule has 0 saturated carbocycles. The molecule has 0 aliphatic rings. The highest BCUT2D eigenvalue weighted by atomic mass is 16.5. The monoisotopic (exact) mass is 256 g/mol. The summed E-state index contributed by atoms with van der Waals surface area (Å²) in [6.45, 7) is 2.06. The number of carbonyl (C=O) groups is 1. The summed E-state index contributed by atoms with van der Waals surface area (Å²) < 4.78 is 6.47. The molecular weight excluding hydrogens is 244 g/mol. The van der Waals surface area contributed by atoms with Gasteiger partial charge in [0.25, 0.3) is 0 Å². The lowest BCUT2D eigenvalue weighted by Crippen LogP contribution is -2.06. The molecule has 2 N–H and O–H groups in total. The van der Waals surface area contributed by atoms with Gasteiger partial charge in [0.1, 0.15) is 18.2 Å². The number of nitrogen functional groups attached to an aromatic ring is 1. The van der Waals surface area contributed by atoms with Crippen molar-refractivity contribution >= 4 is 11.8 Å². The van der Waals surface area contributed by atoms with E-state index in [2.05, 4.69) is 4.98 Å². The highest BCUT2D eigenvalue weighted by molar-refractivity contribution is 5.90. The molecule has 0 fully saturated rings. The minimum Gasteiger partial charge on any atom is -0.462 e. The van der Waals surface area contributed by atoms with Gasteiger partial charge in [0.2, 0.25) is 0 Å². The van der Waals surface area contributed by atoms with Gasteiger partial charge in [-0.05, 0) is 25.1 Å². The van der Waals surface area contributed by atoms with Crippen molar-refractivity contribution in [1.29, 1.82) is 5.26 Å². The standard InChI is InChI=1S/C13H12N4O2/c1-2-19-13(18)9-4-3-5-10(6-9)17-8-16-11(7-14)12(17)15/h3-6,8H,2,15H2,1H3. The van der Waals surface area contributed by atoms with Crippen molar-refractivity contribution in [3.8, 4) is 11.8 Å². The average molecular weight is 256 g/mol. The third-order valence-corrected chi connectivity index (χ3v) is 2.55. The summed E-state index contributed by atoms with van der Waals surface area (Å²) in [4.78, 5) is 15.5. The normalized spacial score (nSPS) is 9.89. The fraction of sp³-hybridized carbons (Fsp3) is 0.154. The topological polar surface area (TPSA) is 93.9 Å². The molecule has 0 radical (unpaired) electrons. The van der Waals surface area contributed by atoms with Crippen LogP contribution in [0.5, 0.6) is 0 Å². The number of nitrogens with zero attached hydrogens (tertiary/aromatic N) is 3. The molecule has 2 aromatic rings. The fourth-order valence-corrected chi connectivity index (χ4v) is 1.65. The summed E-state index contributed by atoms with van der Waals surface area (Å²) >= 11 is 0. The summed E-state index contributed by atoms with van der Waals surface area (Å²) in [5, 5.41) is 8.81. The first-order valence-corrected chi connectivity index (χ1v) is 5.67. The Morgan fingerprint density at radius 3 is 3.00 bits per heavy atom. The second kappa shape index (κ2) is 5.23. The lowest BCUT2D eigenvalue weighted by molar-refractivity contribution is 0.0526. The number of hydrogen-bond donors (Lipinski definition) is 1. The molecule has 1 heterocycles. The number of aromatic nitrogens is 2. The minimum atomic E-state index is -0.399. The zero-order valence-corrected chi connectivity index (χ0v) is 10.3. The first kappa shape index (κ1) is 12.6. The van der Waals surface area contributed by atoms with Gasteiger partial charge in [-0.2, -0.15) is 5.26 Å². The van der Waals surface area contributed by atoms with Crippen LogP contribution in [-0.2, 0) is 4.74 Å². The number of ether oxygens (including phenoxy) is 1. The molecule has 0 spiro atoms. The van der Waals surface area contributed by atoms with Crippen LogP contribution in [0.25, 0.3) is 5.69 Å². The maximum Gasteiger partial charge on any atom is 0.338 e. The number of benzene rings is 1. The number of hydrogen-bond acceptors (Lipinski definition) is 5. The molecular formula is C13H12N4O2. The van der Waals surface area contributed by atoms with E-state index in [0.717, 1.165) is 0 Å². The van der Waals surface area contributed by atoms with Crippen LogP contribution in [0.2, 0.25) is 0 Å². The molecule has 0 saturated heterocycles. The van der Waals surface area contributed by atoms with Crippen molar-refractivity contribution in [2.45, 2.75) is 6.92 Å². The number of nitrogens with two attached hydrogens (primary N) is 1. The van der Waals surface area contributed by atoms with E-state index in [1.807, 2.05) is 6.07 Å². The van der Waals surface area contributed by atoms with Gasteiger partial charge in [0.15, 0.2) is 5.69 Å². The first-order valence-electron chi connectivity index (χ1n) is 5.67. The molecule has 1 aromatic carbocycles. The van der Waals surface area contributed by atoms with Crippen LogP contribution >= 0.6 is 0 Å². The fourth-order valence-electron chi connectivity index (χ4n) is 1.65. The van der Waals surface area contributed by atoms with Crippen LogP contribution in [0, 0.1) is 11.3 Å². The molecule has 6 heteroatoms. The predicted octanol–water partition coefficient (Wildman–Crippen LogP) is 1.50. The summed E-state index contributed by atoms with van der Waals surface area (Å²) in [5.41, 5.74) is 7.02. The summed E-state index contributed by atoms with van der Waals surface area (Å²) in [5.74, 6) is -0.160. The lowest BCUT2D eigenvalue weighted by Gasteiger charge is -2.07. The number of carbonyl (C=O) groups excluding carboxylic acids is 1. The Balaban J connectivity index is 2.41. The molecule has 0 aliphatic carbocycles. The van der Waals surface area contributed by atoms with Gasteiger partial charge >= 0.3 is 5.97 Å². The van der Waals surface area contributed by atoms with E-state index in [4.69, 9.17) is 15.7 Å². The van der Waals surface area contributed by atoms with Crippen molar-refractivity contribution < 1.29 is 9.53 Å². The number of esters is 1. The summed E-state index contributed by atoms with van der Waals surface area (Å²) in [7, 11) is 0. The largest absolute Gasteiger partial charge is 0.462 e. The summed E-state index contributed by atoms with van der Waals surface area (Å²) in [6.07, 6.45) is 1.44. The van der Waals surface area contributed by atoms with Gasteiger partial charge in [-0.25, -0.2) is 9.78 Å². The zero-order valence-electron chi connectivity index (χ0n) is 10.3. The molecule has 0 amide bonds. The number of rotatable bonds is 3. The smallest absolute Gasteiger partial charge is 0.338 e. The van der Waals surface area contributed by atoms with Gasteiger partial charge in [-0.3, -0.25) is 4.57 Å². The zero-order chi connectivity index (χ0) is 13.8. The molecule has 1 aromatic heterocycles. The second-order valence-corrected chi connectivity index (χ2v) is 3.73. The third kappa shape index (κ3) is 2.40. The molecule has 2 rings (SSSR count). The van der Waals surface area contributed by atoms with E-state index in [0.29, 0.717) is 17.9 Å². The van der Waals surface area contributed by atoms with Crippen LogP contribution in [0.3, 0.4) is 0 Å². The van der Waals surface area contributed by atoms with Crippen molar-refractivity contribution in [2.75, 3.05) is 12.3 Å². The van der Waals surface area contributed by atoms with Crippen LogP contribution in [0.4, 0.5) is 5.82 Å². The summed E-state index contributed by atoms with van der Waals surface area (Å²) in [6, 6.07) is 8.66. The average Bonchev–Trinajstić information content (AvgIpc) is 2.80. The Labute approximate surface area is 110 Å². The molecule has 19 heavy (non-hydrogen) atoms.